The van der Waals surface area contributed by atoms with E-state index < -0.39 is 41.6 Å². The lowest BCUT2D eigenvalue weighted by Gasteiger charge is -2.39. The normalized spacial score (nSPS) is 33.9. The smallest absolute Gasteiger partial charge is 0.338 e. The van der Waals surface area contributed by atoms with E-state index in [-0.39, 0.29) is 12.8 Å². The number of benzene rings is 1. The highest BCUT2D eigenvalue weighted by Crippen LogP contribution is 2.47. The van der Waals surface area contributed by atoms with Gasteiger partial charge in [-0.15, -0.1) is 0 Å². The van der Waals surface area contributed by atoms with Crippen molar-refractivity contribution >= 4 is 11.9 Å². The fourth-order valence-corrected chi connectivity index (χ4v) is 4.60. The van der Waals surface area contributed by atoms with Crippen molar-refractivity contribution in [2.24, 2.45) is 0 Å². The van der Waals surface area contributed by atoms with E-state index >= 15 is 0 Å². The molecule has 28 heavy (non-hydrogen) atoms. The number of aliphatic hydroxyl groups is 1. The predicted molar refractivity (Wildman–Crippen MR) is 97.4 cm³/mol. The molecule has 0 radical (unpaired) electrons. The maximum absolute atomic E-state index is 12.6. The van der Waals surface area contributed by atoms with Crippen molar-refractivity contribution in [1.82, 2.24) is 0 Å². The summed E-state index contributed by atoms with van der Waals surface area (Å²) < 4.78 is 23.0. The first kappa shape index (κ1) is 19.4. The minimum Gasteiger partial charge on any atom is -0.467 e. The van der Waals surface area contributed by atoms with E-state index in [1.54, 1.807) is 24.3 Å². The molecule has 4 atom stereocenters. The summed E-state index contributed by atoms with van der Waals surface area (Å²) in [7, 11) is 1.23. The van der Waals surface area contributed by atoms with Crippen LogP contribution in [0.1, 0.15) is 55.3 Å². The SMILES string of the molecule is COC(=O)C1(O)CC(OC(=O)c2ccccc2)C2OC3(CCCCC3)OC2C1. The molecule has 1 aromatic rings. The average molecular weight is 390 g/mol. The number of ether oxygens (including phenoxy) is 4. The van der Waals surface area contributed by atoms with Crippen LogP contribution in [0.25, 0.3) is 0 Å². The molecule has 4 unspecified atom stereocenters. The molecule has 152 valence electrons. The van der Waals surface area contributed by atoms with Crippen molar-refractivity contribution in [3.63, 3.8) is 0 Å². The summed E-state index contributed by atoms with van der Waals surface area (Å²) in [5.74, 6) is -1.99. The molecular formula is C21H26O7. The maximum Gasteiger partial charge on any atom is 0.338 e. The van der Waals surface area contributed by atoms with Gasteiger partial charge in [0.1, 0.15) is 12.2 Å². The molecule has 1 aliphatic heterocycles. The lowest BCUT2D eigenvalue weighted by atomic mass is 9.79. The molecule has 4 rings (SSSR count). The van der Waals surface area contributed by atoms with Crippen molar-refractivity contribution < 1.29 is 33.6 Å². The number of esters is 2. The largest absolute Gasteiger partial charge is 0.467 e. The molecule has 1 spiro atoms. The Morgan fingerprint density at radius 3 is 2.46 bits per heavy atom. The zero-order chi connectivity index (χ0) is 19.8. The highest BCUT2D eigenvalue weighted by Gasteiger charge is 2.60. The summed E-state index contributed by atoms with van der Waals surface area (Å²) in [5.41, 5.74) is -1.38. The van der Waals surface area contributed by atoms with Crippen molar-refractivity contribution in [2.45, 2.75) is 74.6 Å². The summed E-state index contributed by atoms with van der Waals surface area (Å²) in [6.45, 7) is 0. The zero-order valence-electron chi connectivity index (χ0n) is 16.0. The summed E-state index contributed by atoms with van der Waals surface area (Å²) in [4.78, 5) is 24.8. The van der Waals surface area contributed by atoms with Crippen LogP contribution in [0.3, 0.4) is 0 Å². The Morgan fingerprint density at radius 1 is 1.07 bits per heavy atom. The van der Waals surface area contributed by atoms with E-state index in [0.29, 0.717) is 5.56 Å². The second-order valence-electron chi connectivity index (χ2n) is 7.95. The van der Waals surface area contributed by atoms with Crippen LogP contribution in [0.5, 0.6) is 0 Å². The Bertz CT molecular complexity index is 728. The van der Waals surface area contributed by atoms with Gasteiger partial charge in [0.2, 0.25) is 0 Å². The fourth-order valence-electron chi connectivity index (χ4n) is 4.60. The van der Waals surface area contributed by atoms with Gasteiger partial charge >= 0.3 is 11.9 Å². The Balaban J connectivity index is 1.58. The van der Waals surface area contributed by atoms with Crippen LogP contribution >= 0.6 is 0 Å². The van der Waals surface area contributed by atoms with Gasteiger partial charge in [-0.3, -0.25) is 0 Å². The fraction of sp³-hybridized carbons (Fsp3) is 0.619. The van der Waals surface area contributed by atoms with E-state index in [1.807, 2.05) is 6.07 Å². The molecule has 2 saturated carbocycles. The number of rotatable bonds is 3. The summed E-state index contributed by atoms with van der Waals surface area (Å²) in [6, 6.07) is 8.62. The molecule has 3 aliphatic rings. The van der Waals surface area contributed by atoms with Crippen LogP contribution in [-0.2, 0) is 23.7 Å². The van der Waals surface area contributed by atoms with Crippen molar-refractivity contribution in [3.8, 4) is 0 Å². The van der Waals surface area contributed by atoms with Crippen molar-refractivity contribution in [1.29, 1.82) is 0 Å². The predicted octanol–water partition coefficient (Wildman–Crippen LogP) is 2.35. The van der Waals surface area contributed by atoms with Crippen LogP contribution < -0.4 is 0 Å². The van der Waals surface area contributed by atoms with Gasteiger partial charge in [0, 0.05) is 25.7 Å². The van der Waals surface area contributed by atoms with Crippen LogP contribution in [0, 0.1) is 0 Å². The van der Waals surface area contributed by atoms with E-state index in [9.17, 15) is 14.7 Å². The van der Waals surface area contributed by atoms with Crippen LogP contribution in [0.4, 0.5) is 0 Å². The van der Waals surface area contributed by atoms with Gasteiger partial charge in [0.25, 0.3) is 0 Å². The highest BCUT2D eigenvalue weighted by molar-refractivity contribution is 5.89. The third-order valence-electron chi connectivity index (χ3n) is 5.98. The minimum absolute atomic E-state index is 0.0610. The summed E-state index contributed by atoms with van der Waals surface area (Å²) in [6.07, 6.45) is 2.75. The molecule has 7 nitrogen and oxygen atoms in total. The van der Waals surface area contributed by atoms with E-state index in [1.165, 1.54) is 7.11 Å². The van der Waals surface area contributed by atoms with E-state index in [2.05, 4.69) is 0 Å². The number of fused-ring (bicyclic) bond motifs is 1. The Kier molecular flexibility index (Phi) is 5.16. The zero-order valence-corrected chi connectivity index (χ0v) is 16.0. The van der Waals surface area contributed by atoms with Gasteiger partial charge in [-0.05, 0) is 25.0 Å². The third kappa shape index (κ3) is 3.54. The quantitative estimate of drug-likeness (QED) is 0.792. The summed E-state index contributed by atoms with van der Waals surface area (Å²) >= 11 is 0. The van der Waals surface area contributed by atoms with Crippen LogP contribution in [0.15, 0.2) is 30.3 Å². The van der Waals surface area contributed by atoms with Crippen molar-refractivity contribution in [2.75, 3.05) is 7.11 Å². The van der Waals surface area contributed by atoms with Gasteiger partial charge in [0.05, 0.1) is 18.8 Å². The standard InChI is InChI=1S/C21H26O7/c1-25-19(23)20(24)12-15(26-18(22)14-8-4-2-5-9-14)17-16(13-20)27-21(28-17)10-6-3-7-11-21/h2,4-5,8-9,15-17,24H,3,6-7,10-13H2,1H3. The Morgan fingerprint density at radius 2 is 1.79 bits per heavy atom. The minimum atomic E-state index is -1.78. The molecule has 1 aromatic carbocycles. The van der Waals surface area contributed by atoms with Gasteiger partial charge in [-0.25, -0.2) is 9.59 Å². The number of carbonyl (C=O) groups is 2. The second kappa shape index (κ2) is 7.46. The van der Waals surface area contributed by atoms with Gasteiger partial charge in [-0.1, -0.05) is 24.6 Å². The summed E-state index contributed by atoms with van der Waals surface area (Å²) in [5, 5.41) is 10.9. The molecular weight excluding hydrogens is 364 g/mol. The molecule has 0 bridgehead atoms. The monoisotopic (exact) mass is 390 g/mol. The number of methoxy groups -OCH3 is 1. The Hall–Kier alpha value is -1.96. The van der Waals surface area contributed by atoms with E-state index in [4.69, 9.17) is 18.9 Å². The average Bonchev–Trinajstić information content (AvgIpc) is 3.05. The molecule has 7 heteroatoms. The molecule has 0 aromatic heterocycles. The van der Waals surface area contributed by atoms with Gasteiger partial charge < -0.3 is 24.1 Å². The van der Waals surface area contributed by atoms with Crippen molar-refractivity contribution in [3.05, 3.63) is 35.9 Å². The maximum atomic E-state index is 12.6. The van der Waals surface area contributed by atoms with Crippen LogP contribution in [0.2, 0.25) is 0 Å². The first-order chi connectivity index (χ1) is 13.4. The first-order valence-corrected chi connectivity index (χ1v) is 9.87. The molecule has 1 saturated heterocycles. The second-order valence-corrected chi connectivity index (χ2v) is 7.95. The molecule has 1 N–H and O–H groups in total. The molecule has 0 amide bonds. The lowest BCUT2D eigenvalue weighted by molar-refractivity contribution is -0.198. The van der Waals surface area contributed by atoms with Crippen LogP contribution in [-0.4, -0.2) is 53.9 Å². The topological polar surface area (TPSA) is 91.3 Å². The number of hydrogen-bond acceptors (Lipinski definition) is 7. The highest BCUT2D eigenvalue weighted by atomic mass is 16.8. The van der Waals surface area contributed by atoms with Gasteiger partial charge in [-0.2, -0.15) is 0 Å². The lowest BCUT2D eigenvalue weighted by Crippen LogP contribution is -2.56. The number of hydrogen-bond donors (Lipinski definition) is 1. The Labute approximate surface area is 163 Å². The first-order valence-electron chi connectivity index (χ1n) is 9.87. The number of carbonyl (C=O) groups excluding carboxylic acids is 2. The van der Waals surface area contributed by atoms with E-state index in [0.717, 1.165) is 32.1 Å². The third-order valence-corrected chi connectivity index (χ3v) is 5.98. The molecule has 1 heterocycles. The van der Waals surface area contributed by atoms with Gasteiger partial charge in [0.15, 0.2) is 11.4 Å². The molecule has 3 fully saturated rings. The molecule has 2 aliphatic carbocycles.